The van der Waals surface area contributed by atoms with Crippen LogP contribution in [0.4, 0.5) is 0 Å². The van der Waals surface area contributed by atoms with Crippen molar-refractivity contribution in [3.63, 3.8) is 0 Å². The van der Waals surface area contributed by atoms with E-state index in [4.69, 9.17) is 0 Å². The van der Waals surface area contributed by atoms with E-state index in [2.05, 4.69) is 40.2 Å². The van der Waals surface area contributed by atoms with Gasteiger partial charge in [-0.1, -0.05) is 36.0 Å². The molecule has 0 aromatic carbocycles. The fraction of sp³-hybridized carbons (Fsp3) is 0.769. The third kappa shape index (κ3) is 5.83. The molecule has 0 aliphatic carbocycles. The highest BCUT2D eigenvalue weighted by Crippen LogP contribution is 2.37. The van der Waals surface area contributed by atoms with E-state index < -0.39 is 0 Å². The maximum Gasteiger partial charge on any atom is 0.0196 e. The van der Waals surface area contributed by atoms with Crippen molar-refractivity contribution in [3.05, 3.63) is 36.0 Å². The molecule has 5 atom stereocenters. The summed E-state index contributed by atoms with van der Waals surface area (Å²) in [6.07, 6.45) is 27.4. The van der Waals surface area contributed by atoms with Gasteiger partial charge in [-0.25, -0.2) is 0 Å². The lowest BCUT2D eigenvalue weighted by molar-refractivity contribution is 0.118. The molecule has 5 aliphatic rings. The lowest BCUT2D eigenvalue weighted by Crippen LogP contribution is -2.45. The van der Waals surface area contributed by atoms with Crippen LogP contribution in [0.1, 0.15) is 70.6 Å². The molecule has 0 saturated carbocycles. The van der Waals surface area contributed by atoms with Crippen LogP contribution in [0.15, 0.2) is 36.0 Å². The average Bonchev–Trinajstić information content (AvgIpc) is 2.71. The fourth-order valence-electron chi connectivity index (χ4n) is 6.03. The molecule has 1 saturated heterocycles. The van der Waals surface area contributed by atoms with Gasteiger partial charge in [0.2, 0.25) is 0 Å². The van der Waals surface area contributed by atoms with Crippen molar-refractivity contribution < 1.29 is 0 Å². The maximum atomic E-state index is 2.81. The molecule has 0 spiro atoms. The summed E-state index contributed by atoms with van der Waals surface area (Å²) in [4.78, 5) is 5.61. The van der Waals surface area contributed by atoms with Crippen LogP contribution in [0.5, 0.6) is 0 Å². The highest BCUT2D eigenvalue weighted by Gasteiger charge is 2.33. The van der Waals surface area contributed by atoms with Crippen LogP contribution in [0.25, 0.3) is 0 Å². The first-order valence-electron chi connectivity index (χ1n) is 12.3. The van der Waals surface area contributed by atoms with Crippen LogP contribution in [0.2, 0.25) is 0 Å². The van der Waals surface area contributed by atoms with E-state index in [9.17, 15) is 0 Å². The SMILES string of the molecule is C1=C2CN3CCCC/C=C\CC[C@H]4CN(CCCC/C=C\CC[C@@H]1C3)CC[C@H]24. The van der Waals surface area contributed by atoms with Gasteiger partial charge in [0, 0.05) is 19.6 Å². The summed E-state index contributed by atoms with van der Waals surface area (Å²) in [6, 6.07) is 0. The van der Waals surface area contributed by atoms with Gasteiger partial charge in [-0.2, -0.15) is 0 Å². The van der Waals surface area contributed by atoms with Gasteiger partial charge in [0.25, 0.3) is 0 Å². The number of piperidine rings is 1. The molecule has 0 radical (unpaired) electrons. The van der Waals surface area contributed by atoms with Crippen LogP contribution in [0, 0.1) is 17.8 Å². The minimum atomic E-state index is 0.778. The fourth-order valence-corrected chi connectivity index (χ4v) is 6.03. The van der Waals surface area contributed by atoms with Crippen LogP contribution in [-0.4, -0.2) is 49.1 Å². The summed E-state index contributed by atoms with van der Waals surface area (Å²) in [5, 5.41) is 0. The predicted octanol–water partition coefficient (Wildman–Crippen LogP) is 5.82. The molecule has 6 bridgehead atoms. The normalized spacial score (nSPS) is 40.3. The Morgan fingerprint density at radius 3 is 2.18 bits per heavy atom. The predicted molar refractivity (Wildman–Crippen MR) is 121 cm³/mol. The van der Waals surface area contributed by atoms with Crippen molar-refractivity contribution in [2.45, 2.75) is 70.6 Å². The number of nitrogens with zero attached hydrogens (tertiary/aromatic N) is 2. The van der Waals surface area contributed by atoms with Crippen molar-refractivity contribution in [2.75, 3.05) is 39.3 Å². The Hall–Kier alpha value is -0.860. The number of hydrogen-bond acceptors (Lipinski definition) is 2. The summed E-state index contributed by atoms with van der Waals surface area (Å²) in [5.41, 5.74) is 1.82. The van der Waals surface area contributed by atoms with Gasteiger partial charge in [-0.3, -0.25) is 4.90 Å². The Morgan fingerprint density at radius 1 is 0.643 bits per heavy atom. The van der Waals surface area contributed by atoms with Crippen LogP contribution >= 0.6 is 0 Å². The van der Waals surface area contributed by atoms with Gasteiger partial charge in [0.1, 0.15) is 0 Å². The molecule has 5 heterocycles. The Balaban J connectivity index is 1.57. The zero-order chi connectivity index (χ0) is 19.0. The lowest BCUT2D eigenvalue weighted by atomic mass is 9.75. The van der Waals surface area contributed by atoms with Crippen LogP contribution in [-0.2, 0) is 0 Å². The second kappa shape index (κ2) is 10.8. The first-order valence-corrected chi connectivity index (χ1v) is 12.3. The van der Waals surface area contributed by atoms with E-state index in [1.54, 1.807) is 0 Å². The Labute approximate surface area is 173 Å². The van der Waals surface area contributed by atoms with E-state index >= 15 is 0 Å². The Morgan fingerprint density at radius 2 is 1.36 bits per heavy atom. The van der Waals surface area contributed by atoms with E-state index in [-0.39, 0.29) is 0 Å². The number of allylic oxidation sites excluding steroid dienone is 4. The molecular formula is C26H42N2. The average molecular weight is 383 g/mol. The highest BCUT2D eigenvalue weighted by molar-refractivity contribution is 5.17. The van der Waals surface area contributed by atoms with Crippen LogP contribution in [0.3, 0.4) is 0 Å². The monoisotopic (exact) mass is 382 g/mol. The van der Waals surface area contributed by atoms with Gasteiger partial charge >= 0.3 is 0 Å². The summed E-state index contributed by atoms with van der Waals surface area (Å²) >= 11 is 0. The third-order valence-corrected chi connectivity index (χ3v) is 7.57. The number of fused-ring (bicyclic) bond motifs is 8. The van der Waals surface area contributed by atoms with E-state index in [0.717, 1.165) is 17.8 Å². The molecular weight excluding hydrogens is 340 g/mol. The minimum absolute atomic E-state index is 0.778. The molecule has 156 valence electrons. The molecule has 0 aromatic heterocycles. The molecule has 0 N–H and O–H groups in total. The quantitative estimate of drug-likeness (QED) is 0.487. The molecule has 5 aliphatic heterocycles. The highest BCUT2D eigenvalue weighted by atomic mass is 15.1. The standard InChI is InChI=1S/C26H42N2/c1-3-7-11-16-27-18-15-26-24(21-27)14-10-6-2-4-8-12-17-28-20-23(13-9-5-1)19-25(26)22-28/h1-2,5-6,19,23-24,26H,3-4,7-18,20-22H2/b5-1-,6-2-/t23-,24-,26-/m0/s1. The van der Waals surface area contributed by atoms with Crippen molar-refractivity contribution >= 4 is 0 Å². The summed E-state index contributed by atoms with van der Waals surface area (Å²) < 4.78 is 0. The first kappa shape index (κ1) is 20.4. The summed E-state index contributed by atoms with van der Waals surface area (Å²) in [5.74, 6) is 2.49. The van der Waals surface area contributed by atoms with Gasteiger partial charge in [-0.15, -0.1) is 0 Å². The number of hydrogen-bond donors (Lipinski definition) is 0. The number of rotatable bonds is 0. The van der Waals surface area contributed by atoms with Gasteiger partial charge in [0.05, 0.1) is 0 Å². The van der Waals surface area contributed by atoms with Crippen molar-refractivity contribution in [1.29, 1.82) is 0 Å². The third-order valence-electron chi connectivity index (χ3n) is 7.57. The molecule has 0 amide bonds. The van der Waals surface area contributed by atoms with Crippen molar-refractivity contribution in [2.24, 2.45) is 17.8 Å². The molecule has 2 heteroatoms. The molecule has 1 fully saturated rings. The molecule has 28 heavy (non-hydrogen) atoms. The van der Waals surface area contributed by atoms with Crippen LogP contribution < -0.4 is 0 Å². The topological polar surface area (TPSA) is 6.48 Å². The zero-order valence-corrected chi connectivity index (χ0v) is 18.0. The second-order valence-corrected chi connectivity index (χ2v) is 9.78. The Bertz CT molecular complexity index is 561. The molecule has 2 nitrogen and oxygen atoms in total. The van der Waals surface area contributed by atoms with E-state index in [1.807, 2.05) is 5.57 Å². The van der Waals surface area contributed by atoms with E-state index in [1.165, 1.54) is 110 Å². The largest absolute Gasteiger partial charge is 0.303 e. The molecule has 5 rings (SSSR count). The van der Waals surface area contributed by atoms with Gasteiger partial charge < -0.3 is 4.90 Å². The van der Waals surface area contributed by atoms with E-state index in [0.29, 0.717) is 0 Å². The molecule has 2 unspecified atom stereocenters. The summed E-state index contributed by atoms with van der Waals surface area (Å²) in [6.45, 7) is 7.87. The Kier molecular flexibility index (Phi) is 7.86. The lowest BCUT2D eigenvalue weighted by Gasteiger charge is -2.43. The second-order valence-electron chi connectivity index (χ2n) is 9.78. The molecule has 0 aromatic rings. The maximum absolute atomic E-state index is 2.81. The first-order chi connectivity index (χ1) is 13.9. The zero-order valence-electron chi connectivity index (χ0n) is 18.0. The van der Waals surface area contributed by atoms with Gasteiger partial charge in [0.15, 0.2) is 0 Å². The van der Waals surface area contributed by atoms with Gasteiger partial charge in [-0.05, 0) is 108 Å². The van der Waals surface area contributed by atoms with Crippen molar-refractivity contribution in [3.8, 4) is 0 Å². The summed E-state index contributed by atoms with van der Waals surface area (Å²) in [7, 11) is 0. The smallest absolute Gasteiger partial charge is 0.0196 e. The van der Waals surface area contributed by atoms with Crippen molar-refractivity contribution in [1.82, 2.24) is 9.80 Å². The minimum Gasteiger partial charge on any atom is -0.303 e.